The molecule has 0 bridgehead atoms. The number of aliphatic hydroxyl groups is 1. The summed E-state index contributed by atoms with van der Waals surface area (Å²) in [7, 11) is 0. The third-order valence-electron chi connectivity index (χ3n) is 6.78. The summed E-state index contributed by atoms with van der Waals surface area (Å²) in [5.74, 6) is 0.867. The van der Waals surface area contributed by atoms with Gasteiger partial charge in [0.25, 0.3) is 0 Å². The van der Waals surface area contributed by atoms with Crippen LogP contribution in [0.3, 0.4) is 0 Å². The van der Waals surface area contributed by atoms with Crippen molar-refractivity contribution in [2.45, 2.75) is 88.5 Å². The first-order chi connectivity index (χ1) is 18.3. The molecule has 0 saturated heterocycles. The number of hydrogen-bond donors (Lipinski definition) is 1. The minimum Gasteiger partial charge on any atom is -0.512 e. The molecule has 0 aliphatic heterocycles. The molecule has 2 heterocycles. The summed E-state index contributed by atoms with van der Waals surface area (Å²) in [6.07, 6.45) is 1.33. The van der Waals surface area contributed by atoms with Crippen molar-refractivity contribution in [2.24, 2.45) is 10.8 Å². The number of fused-ring (bicyclic) bond motifs is 3. The van der Waals surface area contributed by atoms with Crippen LogP contribution in [-0.2, 0) is 30.3 Å². The number of carbonyl (C=O) groups is 1. The van der Waals surface area contributed by atoms with E-state index in [1.807, 2.05) is 61.5 Å². The molecule has 1 radical (unpaired) electrons. The van der Waals surface area contributed by atoms with E-state index >= 15 is 0 Å². The van der Waals surface area contributed by atoms with Crippen LogP contribution in [0.15, 0.2) is 48.2 Å². The molecule has 41 heavy (non-hydrogen) atoms. The second-order valence-electron chi connectivity index (χ2n) is 13.7. The standard InChI is InChI=1S/C24H24N3.C11H20O2.Ir/c1-14-12-17-10-11-20-22(18-8-7-9-19(13-18)24(4,5)6)26-16(3)27-23(20)21(17)15(2)25-14;1-10(2,3)8(12)7-9(13)11(4,5)6;/h7,9-13H,1-6H3;7,12H,1-6H3;/q-1;;/b;8-7-;. The Balaban J connectivity index is 0.000000360. The third-order valence-corrected chi connectivity index (χ3v) is 6.78. The maximum absolute atomic E-state index is 11.5. The van der Waals surface area contributed by atoms with Crippen LogP contribution in [0.2, 0.25) is 0 Å². The zero-order valence-corrected chi connectivity index (χ0v) is 29.0. The van der Waals surface area contributed by atoms with Gasteiger partial charge in [-0.05, 0) is 48.7 Å². The van der Waals surface area contributed by atoms with Crippen molar-refractivity contribution in [3.8, 4) is 11.3 Å². The van der Waals surface area contributed by atoms with E-state index in [9.17, 15) is 9.90 Å². The Bertz CT molecular complexity index is 1600. The van der Waals surface area contributed by atoms with E-state index in [0.717, 1.165) is 44.8 Å². The van der Waals surface area contributed by atoms with Crippen LogP contribution in [0.1, 0.15) is 85.1 Å². The first-order valence-electron chi connectivity index (χ1n) is 13.8. The van der Waals surface area contributed by atoms with Crippen molar-refractivity contribution in [1.29, 1.82) is 0 Å². The molecular weight excluding hydrogens is 687 g/mol. The van der Waals surface area contributed by atoms with Gasteiger partial charge in [0.2, 0.25) is 0 Å². The molecule has 4 aromatic rings. The van der Waals surface area contributed by atoms with Gasteiger partial charge < -0.3 is 5.11 Å². The number of allylic oxidation sites excluding steroid dienone is 2. The topological polar surface area (TPSA) is 76.0 Å². The van der Waals surface area contributed by atoms with Crippen LogP contribution >= 0.6 is 0 Å². The summed E-state index contributed by atoms with van der Waals surface area (Å²) in [4.78, 5) is 25.7. The number of aliphatic hydroxyl groups excluding tert-OH is 1. The van der Waals surface area contributed by atoms with Crippen molar-refractivity contribution in [3.05, 3.63) is 77.1 Å². The van der Waals surface area contributed by atoms with Crippen LogP contribution in [0.4, 0.5) is 0 Å². The summed E-state index contributed by atoms with van der Waals surface area (Å²) < 4.78 is 0. The van der Waals surface area contributed by atoms with Crippen molar-refractivity contribution >= 4 is 27.5 Å². The van der Waals surface area contributed by atoms with Gasteiger partial charge in [-0.15, -0.1) is 35.4 Å². The molecule has 6 heteroatoms. The zero-order chi connectivity index (χ0) is 30.2. The minimum atomic E-state index is -0.417. The number of aromatic nitrogens is 3. The molecule has 2 aromatic heterocycles. The van der Waals surface area contributed by atoms with Crippen LogP contribution in [0.5, 0.6) is 0 Å². The summed E-state index contributed by atoms with van der Waals surface area (Å²) in [5, 5.41) is 12.9. The molecule has 0 aliphatic carbocycles. The Morgan fingerprint density at radius 2 is 1.49 bits per heavy atom. The van der Waals surface area contributed by atoms with Crippen molar-refractivity contribution in [2.75, 3.05) is 0 Å². The number of hydrogen-bond acceptors (Lipinski definition) is 5. The molecule has 0 saturated carbocycles. The number of benzene rings is 2. The van der Waals surface area contributed by atoms with Crippen LogP contribution in [0, 0.1) is 37.7 Å². The second-order valence-corrected chi connectivity index (χ2v) is 13.7. The number of rotatable bonds is 2. The smallest absolute Gasteiger partial charge is 0.164 e. The fraction of sp³-hybridized carbons (Fsp3) is 0.429. The molecule has 0 fully saturated rings. The van der Waals surface area contributed by atoms with Crippen LogP contribution < -0.4 is 0 Å². The molecule has 0 aliphatic rings. The Morgan fingerprint density at radius 1 is 0.854 bits per heavy atom. The molecule has 0 spiro atoms. The van der Waals surface area contributed by atoms with Gasteiger partial charge in [0.1, 0.15) is 11.6 Å². The van der Waals surface area contributed by atoms with E-state index in [0.29, 0.717) is 0 Å². The Kier molecular flexibility index (Phi) is 10.4. The monoisotopic (exact) mass is 731 g/mol. The van der Waals surface area contributed by atoms with Gasteiger partial charge in [-0.25, -0.2) is 4.98 Å². The van der Waals surface area contributed by atoms with Gasteiger partial charge >= 0.3 is 0 Å². The summed E-state index contributed by atoms with van der Waals surface area (Å²) in [6, 6.07) is 16.1. The van der Waals surface area contributed by atoms with Crippen molar-refractivity contribution < 1.29 is 30.0 Å². The van der Waals surface area contributed by atoms with Crippen LogP contribution in [0.25, 0.3) is 32.9 Å². The molecule has 221 valence electrons. The Labute approximate surface area is 259 Å². The number of ketones is 1. The fourth-order valence-electron chi connectivity index (χ4n) is 4.23. The van der Waals surface area contributed by atoms with Gasteiger partial charge in [-0.1, -0.05) is 74.4 Å². The first kappa shape index (κ1) is 34.3. The molecule has 0 atom stereocenters. The van der Waals surface area contributed by atoms with E-state index in [1.54, 1.807) is 0 Å². The zero-order valence-electron chi connectivity index (χ0n) is 26.6. The van der Waals surface area contributed by atoms with Gasteiger partial charge in [0, 0.05) is 53.8 Å². The van der Waals surface area contributed by atoms with Gasteiger partial charge in [0.05, 0.1) is 5.52 Å². The van der Waals surface area contributed by atoms with E-state index in [4.69, 9.17) is 9.97 Å². The minimum absolute atomic E-state index is 0. The number of pyridine rings is 1. The average molecular weight is 731 g/mol. The maximum Gasteiger partial charge on any atom is 0.164 e. The predicted molar refractivity (Wildman–Crippen MR) is 167 cm³/mol. The van der Waals surface area contributed by atoms with Crippen molar-refractivity contribution in [3.63, 3.8) is 0 Å². The summed E-state index contributed by atoms with van der Waals surface area (Å²) in [6.45, 7) is 23.8. The van der Waals surface area contributed by atoms with E-state index in [1.165, 1.54) is 17.0 Å². The number of aryl methyl sites for hydroxylation is 3. The van der Waals surface area contributed by atoms with Gasteiger partial charge in [-0.3, -0.25) is 14.8 Å². The molecular formula is C35H44IrN3O2-. The fourth-order valence-corrected chi connectivity index (χ4v) is 4.23. The Hall–Kier alpha value is -2.95. The predicted octanol–water partition coefficient (Wildman–Crippen LogP) is 8.96. The Morgan fingerprint density at radius 3 is 2.05 bits per heavy atom. The molecule has 4 rings (SSSR count). The largest absolute Gasteiger partial charge is 0.512 e. The van der Waals surface area contributed by atoms with E-state index in [2.05, 4.69) is 69.1 Å². The second kappa shape index (κ2) is 12.5. The maximum atomic E-state index is 11.5. The third kappa shape index (κ3) is 8.30. The van der Waals surface area contributed by atoms with Gasteiger partial charge in [0.15, 0.2) is 5.78 Å². The molecule has 0 amide bonds. The van der Waals surface area contributed by atoms with E-state index < -0.39 is 5.41 Å². The molecule has 5 nitrogen and oxygen atoms in total. The molecule has 2 aromatic carbocycles. The quantitative estimate of drug-likeness (QED) is 0.0965. The molecule has 0 unspecified atom stereocenters. The normalized spacial score (nSPS) is 12.5. The van der Waals surface area contributed by atoms with Gasteiger partial charge in [-0.2, -0.15) is 0 Å². The SMILES string of the molecule is CC(C)(C)C(=O)/C=C(\O)C(C)(C)C.Cc1cc2ccc3c(-c4[c-]ccc(C(C)(C)C)c4)nc(C)nc3c2c(C)n1.[Ir]. The summed E-state index contributed by atoms with van der Waals surface area (Å²) in [5.41, 5.74) is 5.53. The number of nitrogens with zero attached hydrogens (tertiary/aromatic N) is 3. The number of carbonyl (C=O) groups excluding carboxylic acids is 1. The summed E-state index contributed by atoms with van der Waals surface area (Å²) >= 11 is 0. The molecule has 1 N–H and O–H groups in total. The van der Waals surface area contributed by atoms with Crippen molar-refractivity contribution in [1.82, 2.24) is 15.0 Å². The average Bonchev–Trinajstić information content (AvgIpc) is 2.81. The van der Waals surface area contributed by atoms with E-state index in [-0.39, 0.29) is 42.5 Å². The first-order valence-corrected chi connectivity index (χ1v) is 13.8. The van der Waals surface area contributed by atoms with Crippen LogP contribution in [-0.4, -0.2) is 25.8 Å².